The van der Waals surface area contributed by atoms with Gasteiger partial charge in [0.1, 0.15) is 5.92 Å². The lowest BCUT2D eigenvalue weighted by Crippen LogP contribution is -2.22. The highest BCUT2D eigenvalue weighted by Crippen LogP contribution is 2.42. The fourth-order valence-electron chi connectivity index (χ4n) is 3.10. The van der Waals surface area contributed by atoms with Crippen molar-refractivity contribution in [3.63, 3.8) is 0 Å². The Kier molecular flexibility index (Phi) is 3.48. The molecule has 4 nitrogen and oxygen atoms in total. The molecule has 1 atom stereocenters. The van der Waals surface area contributed by atoms with E-state index in [0.717, 1.165) is 36.8 Å². The summed E-state index contributed by atoms with van der Waals surface area (Å²) in [6, 6.07) is 0. The number of thiazole rings is 1. The molecule has 0 N–H and O–H groups in total. The number of rotatable bonds is 3. The molecule has 0 bridgehead atoms. The number of anilines is 1. The highest BCUT2D eigenvalue weighted by atomic mass is 32.1. The zero-order chi connectivity index (χ0) is 14.3. The molecule has 1 aromatic heterocycles. The van der Waals surface area contributed by atoms with E-state index in [-0.39, 0.29) is 11.9 Å². The molecule has 110 valence electrons. The van der Waals surface area contributed by atoms with Crippen molar-refractivity contribution in [3.8, 4) is 0 Å². The molecule has 0 radical (unpaired) electrons. The van der Waals surface area contributed by atoms with Crippen molar-refractivity contribution in [2.75, 3.05) is 24.6 Å². The van der Waals surface area contributed by atoms with Crippen LogP contribution in [0.5, 0.6) is 0 Å². The average molecular weight is 294 g/mol. The molecule has 1 aromatic rings. The Labute approximate surface area is 124 Å². The number of carbonyl (C=O) groups is 1. The van der Waals surface area contributed by atoms with Gasteiger partial charge in [-0.05, 0) is 31.6 Å². The Morgan fingerprint density at radius 3 is 3.00 bits per heavy atom. The van der Waals surface area contributed by atoms with Gasteiger partial charge < -0.3 is 9.64 Å². The summed E-state index contributed by atoms with van der Waals surface area (Å²) in [5, 5.41) is 1.09. The smallest absolute Gasteiger partial charge is 0.315 e. The van der Waals surface area contributed by atoms with Crippen LogP contribution in [-0.2, 0) is 16.0 Å². The first-order valence-electron chi connectivity index (χ1n) is 7.41. The number of carbonyl (C=O) groups excluding carboxylic acids is 1. The molecule has 1 saturated heterocycles. The summed E-state index contributed by atoms with van der Waals surface area (Å²) in [5.74, 6) is -0.240. The van der Waals surface area contributed by atoms with Gasteiger partial charge in [-0.15, -0.1) is 11.3 Å². The van der Waals surface area contributed by atoms with Gasteiger partial charge in [0.15, 0.2) is 5.13 Å². The highest BCUT2D eigenvalue weighted by molar-refractivity contribution is 7.15. The fraction of sp³-hybridized carbons (Fsp3) is 0.733. The van der Waals surface area contributed by atoms with E-state index in [2.05, 4.69) is 18.7 Å². The topological polar surface area (TPSA) is 42.4 Å². The predicted octanol–water partition coefficient (Wildman–Crippen LogP) is 2.97. The standard InChI is InChI=1S/C15H22N2O2S/c1-4-19-13(18)10-5-6-11-12(10)16-14(20-11)17-8-7-15(2,3)9-17/h10H,4-9H2,1-3H3. The van der Waals surface area contributed by atoms with Crippen molar-refractivity contribution in [1.29, 1.82) is 0 Å². The van der Waals surface area contributed by atoms with Crippen molar-refractivity contribution in [3.05, 3.63) is 10.6 Å². The molecule has 1 unspecified atom stereocenters. The number of esters is 1. The normalized spacial score (nSPS) is 23.9. The van der Waals surface area contributed by atoms with Crippen LogP contribution in [0.1, 0.15) is 50.1 Å². The monoisotopic (exact) mass is 294 g/mol. The van der Waals surface area contributed by atoms with Gasteiger partial charge in [0.2, 0.25) is 0 Å². The van der Waals surface area contributed by atoms with Crippen molar-refractivity contribution in [2.45, 2.75) is 46.0 Å². The third-order valence-corrected chi connectivity index (χ3v) is 5.42. The fourth-order valence-corrected chi connectivity index (χ4v) is 4.26. The summed E-state index contributed by atoms with van der Waals surface area (Å²) in [5.41, 5.74) is 1.35. The molecule has 3 rings (SSSR count). The average Bonchev–Trinajstić information content (AvgIpc) is 3.01. The van der Waals surface area contributed by atoms with Gasteiger partial charge in [-0.3, -0.25) is 4.79 Å². The van der Waals surface area contributed by atoms with Crippen molar-refractivity contribution >= 4 is 22.4 Å². The minimum Gasteiger partial charge on any atom is -0.465 e. The molecule has 2 aliphatic rings. The SMILES string of the molecule is CCOC(=O)C1CCc2sc(N3CCC(C)(C)C3)nc21. The summed E-state index contributed by atoms with van der Waals surface area (Å²) in [6.07, 6.45) is 3.03. The summed E-state index contributed by atoms with van der Waals surface area (Å²) < 4.78 is 5.16. The molecule has 2 heterocycles. The molecule has 5 heteroatoms. The van der Waals surface area contributed by atoms with Crippen molar-refractivity contribution in [1.82, 2.24) is 4.98 Å². The molecule has 1 aliphatic carbocycles. The zero-order valence-electron chi connectivity index (χ0n) is 12.4. The van der Waals surface area contributed by atoms with Crippen LogP contribution < -0.4 is 4.90 Å². The third kappa shape index (κ3) is 2.43. The molecule has 0 aromatic carbocycles. The summed E-state index contributed by atoms with van der Waals surface area (Å²) in [7, 11) is 0. The Bertz CT molecular complexity index is 524. The highest BCUT2D eigenvalue weighted by Gasteiger charge is 2.36. The van der Waals surface area contributed by atoms with Crippen LogP contribution in [0.15, 0.2) is 0 Å². The van der Waals surface area contributed by atoms with Crippen LogP contribution in [-0.4, -0.2) is 30.6 Å². The second-order valence-corrected chi connectivity index (χ2v) is 7.55. The number of nitrogens with zero attached hydrogens (tertiary/aromatic N) is 2. The maximum atomic E-state index is 12.0. The lowest BCUT2D eigenvalue weighted by atomic mass is 9.93. The Morgan fingerprint density at radius 1 is 1.55 bits per heavy atom. The second-order valence-electron chi connectivity index (χ2n) is 6.48. The lowest BCUT2D eigenvalue weighted by molar-refractivity contribution is -0.145. The molecule has 0 spiro atoms. The van der Waals surface area contributed by atoms with E-state index in [1.807, 2.05) is 6.92 Å². The number of ether oxygens (including phenoxy) is 1. The maximum absolute atomic E-state index is 12.0. The van der Waals surface area contributed by atoms with Gasteiger partial charge >= 0.3 is 5.97 Å². The Balaban J connectivity index is 1.78. The van der Waals surface area contributed by atoms with Crippen LogP contribution >= 0.6 is 11.3 Å². The van der Waals surface area contributed by atoms with Gasteiger partial charge in [-0.2, -0.15) is 0 Å². The van der Waals surface area contributed by atoms with Crippen molar-refractivity contribution in [2.24, 2.45) is 5.41 Å². The predicted molar refractivity (Wildman–Crippen MR) is 80.4 cm³/mol. The van der Waals surface area contributed by atoms with Gasteiger partial charge in [-0.1, -0.05) is 13.8 Å². The van der Waals surface area contributed by atoms with Crippen LogP contribution in [0.25, 0.3) is 0 Å². The lowest BCUT2D eigenvalue weighted by Gasteiger charge is -2.19. The van der Waals surface area contributed by atoms with Gasteiger partial charge in [-0.25, -0.2) is 4.98 Å². The largest absolute Gasteiger partial charge is 0.465 e. The van der Waals surface area contributed by atoms with E-state index in [4.69, 9.17) is 9.72 Å². The van der Waals surface area contributed by atoms with Gasteiger partial charge in [0.05, 0.1) is 12.3 Å². The quantitative estimate of drug-likeness (QED) is 0.804. The molecular weight excluding hydrogens is 272 g/mol. The minimum absolute atomic E-state index is 0.107. The molecule has 0 amide bonds. The zero-order valence-corrected chi connectivity index (χ0v) is 13.3. The minimum atomic E-state index is -0.134. The number of hydrogen-bond acceptors (Lipinski definition) is 5. The first-order chi connectivity index (χ1) is 9.50. The van der Waals surface area contributed by atoms with E-state index in [0.29, 0.717) is 12.0 Å². The molecular formula is C15H22N2O2S. The van der Waals surface area contributed by atoms with Crippen LogP contribution in [0.4, 0.5) is 5.13 Å². The number of fused-ring (bicyclic) bond motifs is 1. The van der Waals surface area contributed by atoms with Gasteiger partial charge in [0, 0.05) is 18.0 Å². The molecule has 0 saturated carbocycles. The second kappa shape index (κ2) is 5.02. The maximum Gasteiger partial charge on any atom is 0.315 e. The van der Waals surface area contributed by atoms with E-state index in [1.54, 1.807) is 11.3 Å². The van der Waals surface area contributed by atoms with E-state index in [9.17, 15) is 4.79 Å². The summed E-state index contributed by atoms with van der Waals surface area (Å²) in [4.78, 5) is 20.4. The van der Waals surface area contributed by atoms with E-state index < -0.39 is 0 Å². The van der Waals surface area contributed by atoms with E-state index in [1.165, 1.54) is 11.3 Å². The van der Waals surface area contributed by atoms with Crippen LogP contribution in [0, 0.1) is 5.41 Å². The Morgan fingerprint density at radius 2 is 2.35 bits per heavy atom. The first-order valence-corrected chi connectivity index (χ1v) is 8.23. The first kappa shape index (κ1) is 13.9. The molecule has 1 aliphatic heterocycles. The van der Waals surface area contributed by atoms with Gasteiger partial charge in [0.25, 0.3) is 0 Å². The van der Waals surface area contributed by atoms with E-state index >= 15 is 0 Å². The number of aryl methyl sites for hydroxylation is 1. The Hall–Kier alpha value is -1.10. The van der Waals surface area contributed by atoms with Crippen molar-refractivity contribution < 1.29 is 9.53 Å². The third-order valence-electron chi connectivity index (χ3n) is 4.23. The molecule has 1 fully saturated rings. The molecule has 20 heavy (non-hydrogen) atoms. The van der Waals surface area contributed by atoms with Crippen LogP contribution in [0.2, 0.25) is 0 Å². The number of hydrogen-bond donors (Lipinski definition) is 0. The van der Waals surface area contributed by atoms with Crippen LogP contribution in [0.3, 0.4) is 0 Å². The summed E-state index contributed by atoms with van der Waals surface area (Å²) >= 11 is 1.77. The number of aromatic nitrogens is 1. The summed E-state index contributed by atoms with van der Waals surface area (Å²) in [6.45, 7) is 9.03.